The van der Waals surface area contributed by atoms with Crippen molar-refractivity contribution in [3.63, 3.8) is 0 Å². The molecule has 4 rings (SSSR count). The molecule has 0 atom stereocenters. The summed E-state index contributed by atoms with van der Waals surface area (Å²) in [5, 5.41) is 12.5. The summed E-state index contributed by atoms with van der Waals surface area (Å²) in [6.45, 7) is 0. The molecule has 0 N–H and O–H groups in total. The van der Waals surface area contributed by atoms with Crippen molar-refractivity contribution in [3.05, 3.63) is 32.7 Å². The highest BCUT2D eigenvalue weighted by Gasteiger charge is 2.39. The highest BCUT2D eigenvalue weighted by atomic mass is 32.2. The van der Waals surface area contributed by atoms with Crippen molar-refractivity contribution in [2.24, 2.45) is 4.99 Å². The number of nitro benzene ring substituents is 1. The molecule has 33 heavy (non-hydrogen) atoms. The minimum Gasteiger partial charge on any atom is -0.493 e. The van der Waals surface area contributed by atoms with Gasteiger partial charge < -0.3 is 9.47 Å². The number of nitrogens with zero attached hydrogens (tertiary/aromatic N) is 3. The quantitative estimate of drug-likeness (QED) is 0.305. The fourth-order valence-corrected chi connectivity index (χ4v) is 6.00. The smallest absolute Gasteiger partial charge is 0.280 e. The summed E-state index contributed by atoms with van der Waals surface area (Å²) in [7, 11) is 2.92. The third-order valence-electron chi connectivity index (χ3n) is 6.66. The molecule has 1 heterocycles. The van der Waals surface area contributed by atoms with Crippen molar-refractivity contribution in [2.45, 2.75) is 76.3 Å². The van der Waals surface area contributed by atoms with Gasteiger partial charge in [0.05, 0.1) is 41.7 Å². The Morgan fingerprint density at radius 3 is 2.24 bits per heavy atom. The number of hydrogen-bond acceptors (Lipinski definition) is 7. The van der Waals surface area contributed by atoms with E-state index in [9.17, 15) is 14.9 Å². The second-order valence-corrected chi connectivity index (χ2v) is 9.81. The molecule has 0 unspecified atom stereocenters. The Bertz CT molecular complexity index is 965. The molecular formula is C24H31N3O5S. The van der Waals surface area contributed by atoms with Crippen LogP contribution in [-0.2, 0) is 4.79 Å². The fraction of sp³-hybridized carbons (Fsp3) is 0.583. The number of amidine groups is 1. The third kappa shape index (κ3) is 5.18. The number of benzene rings is 1. The lowest BCUT2D eigenvalue weighted by molar-refractivity contribution is -0.385. The largest absolute Gasteiger partial charge is 0.493 e. The first kappa shape index (κ1) is 23.6. The molecule has 0 spiro atoms. The van der Waals surface area contributed by atoms with E-state index in [1.54, 1.807) is 12.1 Å². The minimum absolute atomic E-state index is 0.106. The molecule has 0 bridgehead atoms. The van der Waals surface area contributed by atoms with E-state index in [2.05, 4.69) is 0 Å². The maximum absolute atomic E-state index is 13.6. The minimum atomic E-state index is -0.464. The van der Waals surface area contributed by atoms with E-state index in [4.69, 9.17) is 14.5 Å². The average molecular weight is 474 g/mol. The SMILES string of the molecule is COc1cc(C=C2SC(=NC3CCCCC3)N(C3CCCCC3)C2=O)c([N+](=O)[O-])cc1OC. The normalized spacial score (nSPS) is 22.8. The molecule has 9 heteroatoms. The van der Waals surface area contributed by atoms with E-state index < -0.39 is 4.92 Å². The van der Waals surface area contributed by atoms with Gasteiger partial charge >= 0.3 is 0 Å². The predicted octanol–water partition coefficient (Wildman–Crippen LogP) is 5.55. The van der Waals surface area contributed by atoms with Crippen molar-refractivity contribution in [3.8, 4) is 11.5 Å². The second-order valence-electron chi connectivity index (χ2n) is 8.80. The van der Waals surface area contributed by atoms with Crippen LogP contribution in [0.4, 0.5) is 5.69 Å². The molecule has 0 radical (unpaired) electrons. The summed E-state index contributed by atoms with van der Waals surface area (Å²) in [6.07, 6.45) is 12.6. The van der Waals surface area contributed by atoms with Crippen LogP contribution >= 0.6 is 11.8 Å². The standard InChI is InChI=1S/C24H31N3O5S/c1-31-20-13-16(19(27(29)30)15-21(20)32-2)14-22-23(28)26(18-11-7-4-8-12-18)24(33-22)25-17-9-5-3-6-10-17/h13-15,17-18H,3-12H2,1-2H3. The Labute approximate surface area is 198 Å². The lowest BCUT2D eigenvalue weighted by Crippen LogP contribution is -2.41. The first-order chi connectivity index (χ1) is 16.0. The number of amides is 1. The van der Waals surface area contributed by atoms with Crippen LogP contribution in [0, 0.1) is 10.1 Å². The number of carbonyl (C=O) groups is 1. The second kappa shape index (κ2) is 10.6. The van der Waals surface area contributed by atoms with Crippen LogP contribution in [0.2, 0.25) is 0 Å². The highest BCUT2D eigenvalue weighted by Crippen LogP contribution is 2.41. The van der Waals surface area contributed by atoms with Gasteiger partial charge in [0.2, 0.25) is 0 Å². The number of rotatable bonds is 6. The summed E-state index contributed by atoms with van der Waals surface area (Å²) in [5.74, 6) is 0.552. The first-order valence-corrected chi connectivity index (χ1v) is 12.5. The van der Waals surface area contributed by atoms with Crippen LogP contribution in [0.3, 0.4) is 0 Å². The summed E-state index contributed by atoms with van der Waals surface area (Å²) < 4.78 is 10.6. The van der Waals surface area contributed by atoms with E-state index in [0.717, 1.165) is 43.7 Å². The van der Waals surface area contributed by atoms with Crippen LogP contribution in [0.15, 0.2) is 22.0 Å². The Morgan fingerprint density at radius 2 is 1.64 bits per heavy atom. The zero-order valence-corrected chi connectivity index (χ0v) is 20.1. The van der Waals surface area contributed by atoms with Crippen LogP contribution in [0.1, 0.15) is 69.8 Å². The van der Waals surface area contributed by atoms with Crippen molar-refractivity contribution < 1.29 is 19.2 Å². The number of hydrogen-bond donors (Lipinski definition) is 0. The van der Waals surface area contributed by atoms with E-state index in [0.29, 0.717) is 16.2 Å². The molecule has 3 fully saturated rings. The van der Waals surface area contributed by atoms with Crippen LogP contribution in [-0.4, -0.2) is 47.2 Å². The molecule has 3 aliphatic rings. The first-order valence-electron chi connectivity index (χ1n) is 11.7. The van der Waals surface area contributed by atoms with Crippen molar-refractivity contribution >= 4 is 34.6 Å². The van der Waals surface area contributed by atoms with Crippen molar-refractivity contribution in [2.75, 3.05) is 14.2 Å². The van der Waals surface area contributed by atoms with Gasteiger partial charge in [0, 0.05) is 6.04 Å². The molecule has 178 valence electrons. The maximum Gasteiger partial charge on any atom is 0.280 e. The fourth-order valence-electron chi connectivity index (χ4n) is 4.90. The number of carbonyl (C=O) groups excluding carboxylic acids is 1. The Balaban J connectivity index is 1.72. The number of nitro groups is 1. The van der Waals surface area contributed by atoms with Gasteiger partial charge in [-0.2, -0.15) is 0 Å². The molecule has 2 saturated carbocycles. The Morgan fingerprint density at radius 1 is 1.03 bits per heavy atom. The number of ether oxygens (including phenoxy) is 2. The molecule has 1 amide bonds. The lowest BCUT2D eigenvalue weighted by atomic mass is 9.94. The molecule has 8 nitrogen and oxygen atoms in total. The third-order valence-corrected chi connectivity index (χ3v) is 7.66. The average Bonchev–Trinajstić information content (AvgIpc) is 3.14. The van der Waals surface area contributed by atoms with Crippen molar-refractivity contribution in [1.29, 1.82) is 0 Å². The zero-order valence-electron chi connectivity index (χ0n) is 19.2. The summed E-state index contributed by atoms with van der Waals surface area (Å²) in [5.41, 5.74) is 0.187. The molecule has 1 saturated heterocycles. The van der Waals surface area contributed by atoms with Gasteiger partial charge in [-0.1, -0.05) is 38.5 Å². The van der Waals surface area contributed by atoms with Crippen LogP contribution < -0.4 is 9.47 Å². The zero-order chi connectivity index (χ0) is 23.4. The van der Waals surface area contributed by atoms with Gasteiger partial charge in [0.15, 0.2) is 16.7 Å². The molecule has 0 aromatic heterocycles. The lowest BCUT2D eigenvalue weighted by Gasteiger charge is -2.31. The van der Waals surface area contributed by atoms with E-state index in [1.807, 2.05) is 4.90 Å². The molecule has 1 aliphatic heterocycles. The summed E-state index contributed by atoms with van der Waals surface area (Å²) in [4.78, 5) is 32.2. The van der Waals surface area contributed by atoms with E-state index in [1.165, 1.54) is 57.7 Å². The molecule has 1 aromatic rings. The molecule has 1 aromatic carbocycles. The van der Waals surface area contributed by atoms with Crippen LogP contribution in [0.25, 0.3) is 6.08 Å². The van der Waals surface area contributed by atoms with Gasteiger partial charge in [-0.15, -0.1) is 0 Å². The Hall–Kier alpha value is -2.55. The van der Waals surface area contributed by atoms with E-state index >= 15 is 0 Å². The van der Waals surface area contributed by atoms with E-state index in [-0.39, 0.29) is 29.4 Å². The van der Waals surface area contributed by atoms with Gasteiger partial charge in [0.25, 0.3) is 11.6 Å². The number of thioether (sulfide) groups is 1. The van der Waals surface area contributed by atoms with Crippen LogP contribution in [0.5, 0.6) is 11.5 Å². The highest BCUT2D eigenvalue weighted by molar-refractivity contribution is 8.18. The summed E-state index contributed by atoms with van der Waals surface area (Å²) >= 11 is 1.35. The molecule has 2 aliphatic carbocycles. The van der Waals surface area contributed by atoms with Gasteiger partial charge in [-0.05, 0) is 49.6 Å². The molecular weight excluding hydrogens is 442 g/mol. The predicted molar refractivity (Wildman–Crippen MR) is 130 cm³/mol. The number of methoxy groups -OCH3 is 2. The van der Waals surface area contributed by atoms with Gasteiger partial charge in [-0.25, -0.2) is 0 Å². The monoisotopic (exact) mass is 473 g/mol. The number of aliphatic imine (C=N–C) groups is 1. The van der Waals surface area contributed by atoms with Gasteiger partial charge in [-0.3, -0.25) is 24.8 Å². The van der Waals surface area contributed by atoms with Crippen molar-refractivity contribution in [1.82, 2.24) is 4.90 Å². The summed E-state index contributed by atoms with van der Waals surface area (Å²) in [6, 6.07) is 3.28. The maximum atomic E-state index is 13.6. The topological polar surface area (TPSA) is 94.3 Å². The Kier molecular flexibility index (Phi) is 7.57. The van der Waals surface area contributed by atoms with Gasteiger partial charge in [0.1, 0.15) is 0 Å².